The average molecular weight is 502 g/mol. The molecule has 0 aliphatic rings. The number of halogens is 1. The van der Waals surface area contributed by atoms with Gasteiger partial charge in [0.1, 0.15) is 11.6 Å². The zero-order chi connectivity index (χ0) is 19.9. The van der Waals surface area contributed by atoms with Gasteiger partial charge in [0.05, 0.1) is 25.8 Å². The largest absolute Gasteiger partial charge is 0.497 e. The molecule has 0 saturated carbocycles. The van der Waals surface area contributed by atoms with Crippen molar-refractivity contribution in [2.45, 2.75) is 39.5 Å². The molecule has 1 heterocycles. The smallest absolute Gasteiger partial charge is 0.192 e. The predicted molar refractivity (Wildman–Crippen MR) is 121 cm³/mol. The van der Waals surface area contributed by atoms with Crippen LogP contribution < -0.4 is 15.4 Å². The van der Waals surface area contributed by atoms with Gasteiger partial charge in [0.25, 0.3) is 0 Å². The number of aryl methyl sites for hydroxylation is 1. The van der Waals surface area contributed by atoms with E-state index in [0.717, 1.165) is 23.0 Å². The molecule has 0 unspecified atom stereocenters. The minimum Gasteiger partial charge on any atom is -0.497 e. The van der Waals surface area contributed by atoms with Gasteiger partial charge < -0.3 is 24.7 Å². The third-order valence-electron chi connectivity index (χ3n) is 4.41. The Labute approximate surface area is 184 Å². The molecule has 0 spiro atoms. The third kappa shape index (κ3) is 7.27. The Morgan fingerprint density at radius 3 is 2.36 bits per heavy atom. The molecule has 1 aromatic carbocycles. The Balaban J connectivity index is 0.00000392. The van der Waals surface area contributed by atoms with Crippen molar-refractivity contribution in [1.82, 2.24) is 25.4 Å². The molecule has 2 rings (SSSR count). The molecule has 0 amide bonds. The predicted octanol–water partition coefficient (Wildman–Crippen LogP) is 2.41. The number of nitrogens with zero attached hydrogens (tertiary/aromatic N) is 4. The van der Waals surface area contributed by atoms with Crippen LogP contribution in [-0.4, -0.2) is 47.1 Å². The highest BCUT2D eigenvalue weighted by atomic mass is 127. The van der Waals surface area contributed by atoms with Crippen LogP contribution in [0.2, 0.25) is 0 Å². The first-order valence-electron chi connectivity index (χ1n) is 8.90. The van der Waals surface area contributed by atoms with Crippen LogP contribution in [0.4, 0.5) is 0 Å². The first kappa shape index (κ1) is 24.2. The number of nitrogens with one attached hydrogen (secondary N) is 2. The minimum atomic E-state index is -0.302. The zero-order valence-electron chi connectivity index (χ0n) is 17.4. The Hall–Kier alpha value is -1.88. The van der Waals surface area contributed by atoms with Crippen molar-refractivity contribution < 1.29 is 9.47 Å². The van der Waals surface area contributed by atoms with E-state index in [2.05, 4.69) is 25.8 Å². The van der Waals surface area contributed by atoms with Gasteiger partial charge in [-0.2, -0.15) is 0 Å². The van der Waals surface area contributed by atoms with Crippen LogP contribution in [0.1, 0.15) is 31.1 Å². The Kier molecular flexibility index (Phi) is 9.66. The van der Waals surface area contributed by atoms with Crippen LogP contribution in [0.5, 0.6) is 5.75 Å². The number of benzene rings is 1. The maximum Gasteiger partial charge on any atom is 0.192 e. The molecule has 1 aromatic heterocycles. The molecule has 9 heteroatoms. The second-order valence-corrected chi connectivity index (χ2v) is 6.91. The minimum absolute atomic E-state index is 0. The van der Waals surface area contributed by atoms with Crippen molar-refractivity contribution in [3.63, 3.8) is 0 Å². The van der Waals surface area contributed by atoms with E-state index in [1.807, 2.05) is 56.7 Å². The lowest BCUT2D eigenvalue weighted by atomic mass is 10.1. The number of methoxy groups -OCH3 is 2. The summed E-state index contributed by atoms with van der Waals surface area (Å²) in [6.07, 6.45) is 0. The summed E-state index contributed by atoms with van der Waals surface area (Å²) in [7, 11) is 5.30. The van der Waals surface area contributed by atoms with E-state index in [-0.39, 0.29) is 29.6 Å². The SMILES string of the molecule is COc1ccc(CN=C(NCc2nnc(C)n2C)NCC(C)(C)OC)cc1.I. The van der Waals surface area contributed by atoms with Crippen LogP contribution in [0.15, 0.2) is 29.3 Å². The van der Waals surface area contributed by atoms with Gasteiger partial charge >= 0.3 is 0 Å². The van der Waals surface area contributed by atoms with E-state index in [4.69, 9.17) is 9.47 Å². The highest BCUT2D eigenvalue weighted by Gasteiger charge is 2.17. The quantitative estimate of drug-likeness (QED) is 0.328. The number of hydrogen-bond acceptors (Lipinski definition) is 5. The van der Waals surface area contributed by atoms with E-state index in [1.54, 1.807) is 14.2 Å². The summed E-state index contributed by atoms with van der Waals surface area (Å²) >= 11 is 0. The summed E-state index contributed by atoms with van der Waals surface area (Å²) in [6.45, 7) is 7.66. The summed E-state index contributed by atoms with van der Waals surface area (Å²) in [5.74, 6) is 3.24. The molecule has 8 nitrogen and oxygen atoms in total. The fourth-order valence-electron chi connectivity index (χ4n) is 2.21. The lowest BCUT2D eigenvalue weighted by Gasteiger charge is -2.24. The normalized spacial score (nSPS) is 11.7. The molecular formula is C19H31IN6O2. The van der Waals surface area contributed by atoms with Gasteiger partial charge in [0, 0.05) is 20.7 Å². The maximum atomic E-state index is 5.48. The van der Waals surface area contributed by atoms with Crippen molar-refractivity contribution in [1.29, 1.82) is 0 Å². The van der Waals surface area contributed by atoms with Crippen LogP contribution in [0.25, 0.3) is 0 Å². The van der Waals surface area contributed by atoms with Crippen molar-refractivity contribution in [3.05, 3.63) is 41.5 Å². The number of ether oxygens (including phenoxy) is 2. The Morgan fingerprint density at radius 2 is 1.82 bits per heavy atom. The molecule has 0 atom stereocenters. The van der Waals surface area contributed by atoms with Gasteiger partial charge in [0.15, 0.2) is 11.8 Å². The summed E-state index contributed by atoms with van der Waals surface area (Å²) in [5.41, 5.74) is 0.793. The second-order valence-electron chi connectivity index (χ2n) is 6.91. The number of rotatable bonds is 8. The molecular weight excluding hydrogens is 471 g/mol. The molecule has 2 N–H and O–H groups in total. The Bertz CT molecular complexity index is 758. The summed E-state index contributed by atoms with van der Waals surface area (Å²) in [5, 5.41) is 14.9. The average Bonchev–Trinajstić information content (AvgIpc) is 3.00. The highest BCUT2D eigenvalue weighted by molar-refractivity contribution is 14.0. The number of guanidine groups is 1. The first-order valence-corrected chi connectivity index (χ1v) is 8.90. The number of aromatic nitrogens is 3. The lowest BCUT2D eigenvalue weighted by molar-refractivity contribution is 0.0268. The topological polar surface area (TPSA) is 85.6 Å². The summed E-state index contributed by atoms with van der Waals surface area (Å²) < 4.78 is 12.6. The molecule has 0 aliphatic heterocycles. The molecule has 0 aliphatic carbocycles. The van der Waals surface area contributed by atoms with Crippen molar-refractivity contribution in [2.24, 2.45) is 12.0 Å². The van der Waals surface area contributed by atoms with Gasteiger partial charge in [-0.15, -0.1) is 34.2 Å². The first-order chi connectivity index (χ1) is 12.8. The van der Waals surface area contributed by atoms with Gasteiger partial charge in [-0.1, -0.05) is 12.1 Å². The standard InChI is InChI=1S/C19H30N6O2.HI/c1-14-23-24-17(25(14)4)12-21-18(22-13-19(2,3)27-6)20-11-15-7-9-16(26-5)10-8-15;/h7-10H,11-13H2,1-6H3,(H2,20,21,22);1H. The molecule has 28 heavy (non-hydrogen) atoms. The molecule has 0 radical (unpaired) electrons. The molecule has 156 valence electrons. The van der Waals surface area contributed by atoms with Crippen LogP contribution >= 0.6 is 24.0 Å². The second kappa shape index (κ2) is 11.2. The highest BCUT2D eigenvalue weighted by Crippen LogP contribution is 2.12. The third-order valence-corrected chi connectivity index (χ3v) is 4.41. The molecule has 0 saturated heterocycles. The monoisotopic (exact) mass is 502 g/mol. The van der Waals surface area contributed by atoms with Crippen LogP contribution in [-0.2, 0) is 24.9 Å². The van der Waals surface area contributed by atoms with Crippen molar-refractivity contribution in [3.8, 4) is 5.75 Å². The van der Waals surface area contributed by atoms with Gasteiger partial charge in [-0.3, -0.25) is 0 Å². The van der Waals surface area contributed by atoms with Gasteiger partial charge in [0.2, 0.25) is 0 Å². The van der Waals surface area contributed by atoms with E-state index < -0.39 is 0 Å². The fraction of sp³-hybridized carbons (Fsp3) is 0.526. The van der Waals surface area contributed by atoms with Gasteiger partial charge in [-0.05, 0) is 38.5 Å². The molecule has 0 bridgehead atoms. The van der Waals surface area contributed by atoms with E-state index in [0.29, 0.717) is 25.6 Å². The maximum absolute atomic E-state index is 5.48. The van der Waals surface area contributed by atoms with E-state index >= 15 is 0 Å². The van der Waals surface area contributed by atoms with Crippen molar-refractivity contribution in [2.75, 3.05) is 20.8 Å². The molecule has 0 fully saturated rings. The summed E-state index contributed by atoms with van der Waals surface area (Å²) in [4.78, 5) is 4.68. The van der Waals surface area contributed by atoms with Crippen LogP contribution in [0.3, 0.4) is 0 Å². The summed E-state index contributed by atoms with van der Waals surface area (Å²) in [6, 6.07) is 7.87. The van der Waals surface area contributed by atoms with Crippen LogP contribution in [0, 0.1) is 6.92 Å². The zero-order valence-corrected chi connectivity index (χ0v) is 19.8. The fourth-order valence-corrected chi connectivity index (χ4v) is 2.21. The lowest BCUT2D eigenvalue weighted by Crippen LogP contribution is -2.45. The van der Waals surface area contributed by atoms with Crippen molar-refractivity contribution >= 4 is 29.9 Å². The van der Waals surface area contributed by atoms with E-state index in [1.165, 1.54) is 0 Å². The van der Waals surface area contributed by atoms with E-state index in [9.17, 15) is 0 Å². The Morgan fingerprint density at radius 1 is 1.14 bits per heavy atom. The number of hydrogen-bond donors (Lipinski definition) is 2. The number of aliphatic imine (C=N–C) groups is 1. The van der Waals surface area contributed by atoms with Gasteiger partial charge in [-0.25, -0.2) is 4.99 Å². The molecule has 2 aromatic rings.